The maximum atomic E-state index is 12.4. The van der Waals surface area contributed by atoms with Crippen molar-refractivity contribution >= 4 is 17.8 Å². The lowest BCUT2D eigenvalue weighted by Crippen LogP contribution is -2.41. The smallest absolute Gasteiger partial charge is 0.306 e. The van der Waals surface area contributed by atoms with Crippen LogP contribution >= 0.6 is 0 Å². The first-order chi connectivity index (χ1) is 12.9. The molecule has 0 fully saturated rings. The fraction of sp³-hybridized carbons (Fsp3) is 0.632. The van der Waals surface area contributed by atoms with Crippen LogP contribution in [0.4, 0.5) is 0 Å². The Morgan fingerprint density at radius 1 is 1.19 bits per heavy atom. The van der Waals surface area contributed by atoms with Crippen molar-refractivity contribution in [2.24, 2.45) is 5.92 Å². The van der Waals surface area contributed by atoms with E-state index in [0.29, 0.717) is 26.0 Å². The molecule has 0 aromatic rings. The van der Waals surface area contributed by atoms with Crippen molar-refractivity contribution < 1.29 is 29.0 Å². The second-order valence-electron chi connectivity index (χ2n) is 6.03. The quantitative estimate of drug-likeness (QED) is 0.205. The predicted octanol–water partition coefficient (Wildman–Crippen LogP) is 0.708. The van der Waals surface area contributed by atoms with Gasteiger partial charge < -0.3 is 25.2 Å². The fourth-order valence-electron chi connectivity index (χ4n) is 2.12. The highest BCUT2D eigenvalue weighted by Crippen LogP contribution is 2.10. The normalized spacial score (nSPS) is 12.5. The van der Waals surface area contributed by atoms with Crippen LogP contribution in [0.2, 0.25) is 0 Å². The molecule has 27 heavy (non-hydrogen) atoms. The first kappa shape index (κ1) is 24.8. The van der Waals surface area contributed by atoms with Crippen molar-refractivity contribution in [1.29, 1.82) is 0 Å². The third-order valence-corrected chi connectivity index (χ3v) is 3.49. The van der Waals surface area contributed by atoms with E-state index in [4.69, 9.17) is 14.6 Å². The molecule has 0 saturated carbocycles. The predicted molar refractivity (Wildman–Crippen MR) is 102 cm³/mol. The van der Waals surface area contributed by atoms with Gasteiger partial charge in [-0.15, -0.1) is 13.2 Å². The van der Waals surface area contributed by atoms with E-state index in [2.05, 4.69) is 23.8 Å². The summed E-state index contributed by atoms with van der Waals surface area (Å²) in [7, 11) is 0. The number of amides is 2. The van der Waals surface area contributed by atoms with Gasteiger partial charge in [0, 0.05) is 19.4 Å². The molecule has 0 rings (SSSR count). The van der Waals surface area contributed by atoms with Crippen molar-refractivity contribution in [2.45, 2.75) is 38.6 Å². The molecule has 0 aliphatic heterocycles. The van der Waals surface area contributed by atoms with Crippen LogP contribution in [0.25, 0.3) is 0 Å². The van der Waals surface area contributed by atoms with Gasteiger partial charge in [-0.05, 0) is 19.8 Å². The summed E-state index contributed by atoms with van der Waals surface area (Å²) in [6.45, 7) is 9.69. The first-order valence-electron chi connectivity index (χ1n) is 9.07. The lowest BCUT2D eigenvalue weighted by atomic mass is 9.99. The number of aliphatic hydroxyl groups excluding tert-OH is 1. The molecule has 0 radical (unpaired) electrons. The van der Waals surface area contributed by atoms with Crippen LogP contribution in [0.1, 0.15) is 32.6 Å². The second-order valence-corrected chi connectivity index (χ2v) is 6.03. The van der Waals surface area contributed by atoms with E-state index in [1.54, 1.807) is 19.1 Å². The standard InChI is InChI=1S/C19H32N2O6/c1-4-6-8-18(24)27-14-15(3)21-19(25)16(7-5-2)13-17(23)20-9-11-26-12-10-22/h4-5,15-16,22H,1-2,6-14H2,3H3,(H,20,23)(H,21,25)/t15-,16-/m0/s1. The van der Waals surface area contributed by atoms with Crippen molar-refractivity contribution in [3.05, 3.63) is 25.3 Å². The number of hydrogen-bond donors (Lipinski definition) is 3. The van der Waals surface area contributed by atoms with Gasteiger partial charge in [-0.1, -0.05) is 12.2 Å². The average molecular weight is 384 g/mol. The molecule has 8 heteroatoms. The number of carbonyl (C=O) groups excluding carboxylic acids is 3. The summed E-state index contributed by atoms with van der Waals surface area (Å²) in [5, 5.41) is 14.0. The summed E-state index contributed by atoms with van der Waals surface area (Å²) < 4.78 is 10.1. The van der Waals surface area contributed by atoms with Gasteiger partial charge in [0.15, 0.2) is 0 Å². The van der Waals surface area contributed by atoms with E-state index < -0.39 is 5.92 Å². The van der Waals surface area contributed by atoms with Crippen LogP contribution in [0.15, 0.2) is 25.3 Å². The Morgan fingerprint density at radius 2 is 1.93 bits per heavy atom. The third kappa shape index (κ3) is 13.6. The summed E-state index contributed by atoms with van der Waals surface area (Å²) in [4.78, 5) is 35.8. The number of nitrogens with one attached hydrogen (secondary N) is 2. The summed E-state index contributed by atoms with van der Waals surface area (Å²) in [5.74, 6) is -1.47. The van der Waals surface area contributed by atoms with Gasteiger partial charge in [-0.25, -0.2) is 0 Å². The molecule has 0 heterocycles. The van der Waals surface area contributed by atoms with Gasteiger partial charge in [-0.3, -0.25) is 14.4 Å². The molecule has 0 bridgehead atoms. The monoisotopic (exact) mass is 384 g/mol. The molecule has 2 amide bonds. The molecule has 8 nitrogen and oxygen atoms in total. The molecule has 0 aromatic carbocycles. The number of carbonyl (C=O) groups is 3. The van der Waals surface area contributed by atoms with Gasteiger partial charge in [0.05, 0.1) is 31.8 Å². The summed E-state index contributed by atoms with van der Waals surface area (Å²) in [5.41, 5.74) is 0. The Balaban J connectivity index is 4.28. The number of hydrogen-bond acceptors (Lipinski definition) is 6. The molecule has 3 N–H and O–H groups in total. The van der Waals surface area contributed by atoms with Crippen LogP contribution in [-0.4, -0.2) is 61.9 Å². The molecule has 0 unspecified atom stereocenters. The topological polar surface area (TPSA) is 114 Å². The Morgan fingerprint density at radius 3 is 2.56 bits per heavy atom. The molecule has 0 saturated heterocycles. The summed E-state index contributed by atoms with van der Waals surface area (Å²) in [6, 6.07) is -0.368. The van der Waals surface area contributed by atoms with E-state index >= 15 is 0 Å². The van der Waals surface area contributed by atoms with Gasteiger partial charge in [0.1, 0.15) is 6.61 Å². The zero-order valence-electron chi connectivity index (χ0n) is 16.1. The van der Waals surface area contributed by atoms with Crippen LogP contribution < -0.4 is 10.6 Å². The van der Waals surface area contributed by atoms with Gasteiger partial charge in [0.25, 0.3) is 0 Å². The van der Waals surface area contributed by atoms with E-state index in [-0.39, 0.29) is 56.5 Å². The second kappa shape index (κ2) is 16.0. The van der Waals surface area contributed by atoms with E-state index in [0.717, 1.165) is 0 Å². The number of rotatable bonds is 16. The maximum absolute atomic E-state index is 12.4. The first-order valence-corrected chi connectivity index (χ1v) is 9.07. The third-order valence-electron chi connectivity index (χ3n) is 3.49. The zero-order chi connectivity index (χ0) is 20.5. The average Bonchev–Trinajstić information content (AvgIpc) is 2.64. The fourth-order valence-corrected chi connectivity index (χ4v) is 2.12. The number of ether oxygens (including phenoxy) is 2. The SMILES string of the molecule is C=CCCC(=O)OC[C@H](C)NC(=O)[C@@H](CC=C)CC(=O)NCCOCCO. The highest BCUT2D eigenvalue weighted by atomic mass is 16.5. The number of aliphatic hydroxyl groups is 1. The molecule has 2 atom stereocenters. The minimum Gasteiger partial charge on any atom is -0.463 e. The summed E-state index contributed by atoms with van der Waals surface area (Å²) >= 11 is 0. The number of allylic oxidation sites excluding steroid dienone is 2. The van der Waals surface area contributed by atoms with Gasteiger partial charge >= 0.3 is 5.97 Å². The molecule has 0 aromatic heterocycles. The minimum absolute atomic E-state index is 0.0176. The highest BCUT2D eigenvalue weighted by molar-refractivity contribution is 5.86. The lowest BCUT2D eigenvalue weighted by Gasteiger charge is -2.19. The Kier molecular flexibility index (Phi) is 14.7. The van der Waals surface area contributed by atoms with Crippen LogP contribution in [0.5, 0.6) is 0 Å². The Hall–Kier alpha value is -2.19. The van der Waals surface area contributed by atoms with Crippen molar-refractivity contribution in [2.75, 3.05) is 33.0 Å². The molecular formula is C19H32N2O6. The molecule has 154 valence electrons. The van der Waals surface area contributed by atoms with E-state index in [1.165, 1.54) is 0 Å². The van der Waals surface area contributed by atoms with Crippen LogP contribution in [0, 0.1) is 5.92 Å². The minimum atomic E-state index is -0.556. The Labute approximate surface area is 161 Å². The van der Waals surface area contributed by atoms with Crippen LogP contribution in [0.3, 0.4) is 0 Å². The van der Waals surface area contributed by atoms with E-state index in [9.17, 15) is 14.4 Å². The lowest BCUT2D eigenvalue weighted by molar-refractivity contribution is -0.145. The largest absolute Gasteiger partial charge is 0.463 e. The molecule has 0 aliphatic carbocycles. The zero-order valence-corrected chi connectivity index (χ0v) is 16.1. The van der Waals surface area contributed by atoms with Crippen LogP contribution in [-0.2, 0) is 23.9 Å². The maximum Gasteiger partial charge on any atom is 0.306 e. The van der Waals surface area contributed by atoms with Gasteiger partial charge in [0.2, 0.25) is 11.8 Å². The Bertz CT molecular complexity index is 481. The highest BCUT2D eigenvalue weighted by Gasteiger charge is 2.22. The van der Waals surface area contributed by atoms with Crippen molar-refractivity contribution in [3.8, 4) is 0 Å². The molecule has 0 aliphatic rings. The van der Waals surface area contributed by atoms with Crippen molar-refractivity contribution in [3.63, 3.8) is 0 Å². The number of esters is 1. The van der Waals surface area contributed by atoms with Crippen molar-refractivity contribution in [1.82, 2.24) is 10.6 Å². The molecule has 0 spiro atoms. The molecular weight excluding hydrogens is 352 g/mol. The van der Waals surface area contributed by atoms with Gasteiger partial charge in [-0.2, -0.15) is 0 Å². The summed E-state index contributed by atoms with van der Waals surface area (Å²) in [6.07, 6.45) is 4.39. The van der Waals surface area contributed by atoms with E-state index in [1.807, 2.05) is 0 Å².